The summed E-state index contributed by atoms with van der Waals surface area (Å²) < 4.78 is 73.8. The number of anilines is 2. The number of nitrogens with zero attached hydrogens (tertiary/aromatic N) is 7. The summed E-state index contributed by atoms with van der Waals surface area (Å²) in [7, 11) is -5.75. The Bertz CT molecular complexity index is 3760. The van der Waals surface area contributed by atoms with E-state index < -0.39 is 20.0 Å². The average molecular weight is 1070 g/mol. The highest BCUT2D eigenvalue weighted by atomic mass is 32.2. The van der Waals surface area contributed by atoms with E-state index in [0.717, 1.165) is 25.3 Å². The lowest BCUT2D eigenvalue weighted by molar-refractivity contribution is 0.0618. The van der Waals surface area contributed by atoms with E-state index in [1.165, 1.54) is 75.4 Å². The molecule has 3 aliphatic rings. The first-order valence-corrected chi connectivity index (χ1v) is 28.4. The molecular weight excluding hydrogens is 1010 g/mol. The van der Waals surface area contributed by atoms with Gasteiger partial charge in [-0.15, -0.1) is 0 Å². The molecule has 2 N–H and O–H groups in total. The van der Waals surface area contributed by atoms with Crippen LogP contribution in [0.5, 0.6) is 11.5 Å². The Morgan fingerprint density at radius 2 is 1.23 bits per heavy atom. The summed E-state index contributed by atoms with van der Waals surface area (Å²) in [5, 5.41) is 1.02. The molecule has 0 spiro atoms. The predicted octanol–water partition coefficient (Wildman–Crippen LogP) is 7.91. The molecule has 3 aromatic heterocycles. The lowest BCUT2D eigenvalue weighted by atomic mass is 9.95. The first-order chi connectivity index (χ1) is 37.3. The van der Waals surface area contributed by atoms with E-state index in [9.17, 15) is 26.4 Å². The second-order valence-electron chi connectivity index (χ2n) is 19.7. The summed E-state index contributed by atoms with van der Waals surface area (Å²) in [5.41, 5.74) is 4.97. The molecule has 8 aromatic rings. The van der Waals surface area contributed by atoms with Crippen LogP contribution in [-0.4, -0.2) is 136 Å². The number of ether oxygens (including phenoxy) is 2. The van der Waals surface area contributed by atoms with E-state index in [-0.39, 0.29) is 60.9 Å². The lowest BCUT2D eigenvalue weighted by Crippen LogP contribution is -2.50. The van der Waals surface area contributed by atoms with Gasteiger partial charge < -0.3 is 19.3 Å². The molecule has 1 aliphatic carbocycles. The number of piperazine rings is 2. The summed E-state index contributed by atoms with van der Waals surface area (Å²) >= 11 is 0. The maximum absolute atomic E-state index is 14.4. The Balaban J connectivity index is 0.779. The van der Waals surface area contributed by atoms with Crippen molar-refractivity contribution >= 4 is 65.0 Å². The van der Waals surface area contributed by atoms with Gasteiger partial charge in [0.1, 0.15) is 21.3 Å². The van der Waals surface area contributed by atoms with Crippen molar-refractivity contribution < 1.29 is 35.9 Å². The van der Waals surface area contributed by atoms with E-state index in [2.05, 4.69) is 58.5 Å². The maximum Gasteiger partial charge on any atom is 0.264 e. The molecule has 17 nitrogen and oxygen atoms in total. The number of hydrogen-bond donors (Lipinski definition) is 2. The van der Waals surface area contributed by atoms with Crippen LogP contribution < -0.4 is 18.9 Å². The van der Waals surface area contributed by atoms with Gasteiger partial charge in [-0.05, 0) is 96.8 Å². The number of carbonyl (C=O) groups is 2. The highest BCUT2D eigenvalue weighted by Gasteiger charge is 2.45. The molecule has 1 saturated carbocycles. The molecule has 0 unspecified atom stereocenters. The molecule has 3 fully saturated rings. The average Bonchev–Trinajstić information content (AvgIpc) is 4.31. The Morgan fingerprint density at radius 1 is 0.571 bits per heavy atom. The van der Waals surface area contributed by atoms with E-state index in [4.69, 9.17) is 9.47 Å². The highest BCUT2D eigenvalue weighted by molar-refractivity contribution is 7.93. The quantitative estimate of drug-likeness (QED) is 0.0948. The van der Waals surface area contributed by atoms with Crippen molar-refractivity contribution in [3.63, 3.8) is 0 Å². The van der Waals surface area contributed by atoms with Crippen molar-refractivity contribution in [3.8, 4) is 22.6 Å². The van der Waals surface area contributed by atoms with E-state index in [1.807, 2.05) is 29.2 Å². The third kappa shape index (κ3) is 10.8. The molecule has 77 heavy (non-hydrogen) atoms. The highest BCUT2D eigenvalue weighted by Crippen LogP contribution is 2.49. The molecule has 11 rings (SSSR count). The largest absolute Gasteiger partial charge is 0.496 e. The third-order valence-corrected chi connectivity index (χ3v) is 17.6. The number of methoxy groups -OCH3 is 2. The lowest BCUT2D eigenvalue weighted by Gasteiger charge is -2.37. The van der Waals surface area contributed by atoms with Crippen LogP contribution in [0.4, 0.5) is 11.4 Å². The zero-order chi connectivity index (χ0) is 53.3. The number of para-hydroxylation sites is 1. The second-order valence-corrected chi connectivity index (χ2v) is 23.0. The summed E-state index contributed by atoms with van der Waals surface area (Å²) in [5.74, 6) is 0.0227. The molecule has 2 aliphatic heterocycles. The summed E-state index contributed by atoms with van der Waals surface area (Å²) in [6.45, 7) is 6.72. The number of sulfonamides is 2. The topological polar surface area (TPSA) is 197 Å². The molecule has 2 amide bonds. The van der Waals surface area contributed by atoms with Crippen molar-refractivity contribution in [2.24, 2.45) is 0 Å². The SMILES string of the molecule is COc1cc(C(=O)N2CCN(CC3(c4ccccc4)CC3)CC2)ccc1NS(=O)(=O)c1cccc2cc(-c3cc(S(=O)(=O)Nc4ccc(C(=O)N5CCN(Cc6ccccn6)CC5)c(OC)c4)c4ncccc4c3)cnc12. The van der Waals surface area contributed by atoms with Gasteiger partial charge in [0, 0.05) is 117 Å². The first kappa shape index (κ1) is 51.2. The fourth-order valence-electron chi connectivity index (χ4n) is 10.5. The second kappa shape index (κ2) is 21.2. The molecule has 0 radical (unpaired) electrons. The number of rotatable bonds is 16. The van der Waals surface area contributed by atoms with Gasteiger partial charge in [-0.1, -0.05) is 54.6 Å². The van der Waals surface area contributed by atoms with Gasteiger partial charge in [-0.2, -0.15) is 0 Å². The smallest absolute Gasteiger partial charge is 0.264 e. The minimum absolute atomic E-state index is 0.0978. The molecule has 0 bridgehead atoms. The zero-order valence-electron chi connectivity index (χ0n) is 42.6. The fourth-order valence-corrected chi connectivity index (χ4v) is 13.0. The van der Waals surface area contributed by atoms with E-state index in [0.29, 0.717) is 78.8 Å². The van der Waals surface area contributed by atoms with Crippen molar-refractivity contribution in [1.82, 2.24) is 34.6 Å². The van der Waals surface area contributed by atoms with Gasteiger partial charge in [0.05, 0.1) is 47.9 Å². The maximum atomic E-state index is 14.4. The number of amides is 2. The van der Waals surface area contributed by atoms with Crippen LogP contribution in [0.2, 0.25) is 0 Å². The van der Waals surface area contributed by atoms with Gasteiger partial charge in [0.2, 0.25) is 0 Å². The van der Waals surface area contributed by atoms with Crippen LogP contribution in [0.1, 0.15) is 44.8 Å². The Morgan fingerprint density at radius 3 is 1.95 bits per heavy atom. The third-order valence-electron chi connectivity index (χ3n) is 14.8. The van der Waals surface area contributed by atoms with Gasteiger partial charge in [-0.25, -0.2) is 16.8 Å². The van der Waals surface area contributed by atoms with Crippen molar-refractivity contribution in [2.75, 3.05) is 82.6 Å². The Kier molecular flexibility index (Phi) is 14.1. The standard InChI is InChI=1S/C58H57N9O8S2/c1-74-50-36-46(17-18-48(50)57(69)67-28-24-64(25-29-67)38-47-14-6-7-22-59-47)62-77(72,73)53-35-43(32-41-11-9-23-60-55(41)53)44-33-40-10-8-15-52(54(40)61-37-44)76(70,71)63-49-19-16-42(34-51(49)75-2)56(68)66-30-26-65(27-31-66)39-58(20-21-58)45-12-4-3-5-13-45/h3-19,22-23,32-37,62-63H,20-21,24-31,38-39H2,1-2H3. The Labute approximate surface area is 447 Å². The van der Waals surface area contributed by atoms with Crippen LogP contribution in [0, 0.1) is 0 Å². The predicted molar refractivity (Wildman–Crippen MR) is 295 cm³/mol. The number of fused-ring (bicyclic) bond motifs is 2. The molecule has 5 aromatic carbocycles. The number of aromatic nitrogens is 3. The van der Waals surface area contributed by atoms with Crippen molar-refractivity contribution in [3.05, 3.63) is 174 Å². The first-order valence-electron chi connectivity index (χ1n) is 25.5. The molecule has 5 heterocycles. The van der Waals surface area contributed by atoms with Crippen LogP contribution in [-0.2, 0) is 32.0 Å². The fraction of sp³-hybridized carbons (Fsp3) is 0.259. The summed E-state index contributed by atoms with van der Waals surface area (Å²) in [6.07, 6.45) is 7.11. The van der Waals surface area contributed by atoms with Crippen LogP contribution in [0.3, 0.4) is 0 Å². The van der Waals surface area contributed by atoms with Crippen molar-refractivity contribution in [1.29, 1.82) is 0 Å². The minimum Gasteiger partial charge on any atom is -0.496 e. The number of pyridine rings is 3. The number of hydrogen-bond acceptors (Lipinski definition) is 13. The van der Waals surface area contributed by atoms with Gasteiger partial charge in [0.25, 0.3) is 31.9 Å². The van der Waals surface area contributed by atoms with Crippen LogP contribution >= 0.6 is 0 Å². The Hall–Kier alpha value is -7.97. The monoisotopic (exact) mass is 1070 g/mol. The van der Waals surface area contributed by atoms with Gasteiger partial charge in [-0.3, -0.25) is 43.8 Å². The van der Waals surface area contributed by atoms with E-state index in [1.54, 1.807) is 65.7 Å². The molecule has 0 atom stereocenters. The normalized spacial score (nSPS) is 16.0. The van der Waals surface area contributed by atoms with E-state index >= 15 is 0 Å². The molecule has 19 heteroatoms. The molecule has 394 valence electrons. The number of benzene rings is 5. The molecular formula is C58H57N9O8S2. The van der Waals surface area contributed by atoms with Crippen molar-refractivity contribution in [2.45, 2.75) is 34.6 Å². The van der Waals surface area contributed by atoms with Crippen LogP contribution in [0.15, 0.2) is 162 Å². The van der Waals surface area contributed by atoms with Gasteiger partial charge >= 0.3 is 0 Å². The molecule has 2 saturated heterocycles. The zero-order valence-corrected chi connectivity index (χ0v) is 44.3. The summed E-state index contributed by atoms with van der Waals surface area (Å²) in [6, 6.07) is 39.0. The van der Waals surface area contributed by atoms with Crippen LogP contribution in [0.25, 0.3) is 32.9 Å². The minimum atomic E-state index is -4.33. The summed E-state index contributed by atoms with van der Waals surface area (Å²) in [4.78, 5) is 49.1. The van der Waals surface area contributed by atoms with Gasteiger partial charge in [0.15, 0.2) is 0 Å². The number of carbonyl (C=O) groups excluding carboxylic acids is 2. The number of nitrogens with one attached hydrogen (secondary N) is 2.